The average Bonchev–Trinajstić information content (AvgIpc) is 3.40. The predicted octanol–water partition coefficient (Wildman–Crippen LogP) is 1.53. The third kappa shape index (κ3) is 4.59. The minimum Gasteiger partial charge on any atom is -0.454 e. The summed E-state index contributed by atoms with van der Waals surface area (Å²) in [5.41, 5.74) is 6.61. The highest BCUT2D eigenvalue weighted by Gasteiger charge is 2.16. The molecule has 1 aliphatic rings. The van der Waals surface area contributed by atoms with Crippen molar-refractivity contribution in [1.82, 2.24) is 25.8 Å². The van der Waals surface area contributed by atoms with E-state index < -0.39 is 11.8 Å². The SMILES string of the molecule is O=C(/C=C/c1cn(Cc2ccccc2)nn1)NNC(=O)c1ccc2c(c1)OCO2. The molecule has 1 aliphatic heterocycles. The Hall–Kier alpha value is -4.14. The first-order valence-corrected chi connectivity index (χ1v) is 8.79. The molecule has 29 heavy (non-hydrogen) atoms. The summed E-state index contributed by atoms with van der Waals surface area (Å²) in [6, 6.07) is 14.6. The molecular weight excluding hydrogens is 374 g/mol. The van der Waals surface area contributed by atoms with Gasteiger partial charge < -0.3 is 9.47 Å². The molecule has 0 saturated carbocycles. The number of amides is 2. The topological polar surface area (TPSA) is 107 Å². The Kier molecular flexibility index (Phi) is 5.19. The highest BCUT2D eigenvalue weighted by atomic mass is 16.7. The fourth-order valence-corrected chi connectivity index (χ4v) is 2.67. The Morgan fingerprint density at radius 3 is 2.76 bits per heavy atom. The van der Waals surface area contributed by atoms with Gasteiger partial charge >= 0.3 is 0 Å². The lowest BCUT2D eigenvalue weighted by Gasteiger charge is -2.05. The second-order valence-corrected chi connectivity index (χ2v) is 6.17. The minimum absolute atomic E-state index is 0.123. The van der Waals surface area contributed by atoms with E-state index in [1.54, 1.807) is 29.1 Å². The zero-order valence-corrected chi connectivity index (χ0v) is 15.2. The Labute approximate surface area is 165 Å². The van der Waals surface area contributed by atoms with Gasteiger partial charge in [0, 0.05) is 11.6 Å². The molecule has 0 radical (unpaired) electrons. The lowest BCUT2D eigenvalue weighted by Crippen LogP contribution is -2.40. The van der Waals surface area contributed by atoms with Crippen LogP contribution in [0, 0.1) is 0 Å². The summed E-state index contributed by atoms with van der Waals surface area (Å²) in [5, 5.41) is 8.02. The van der Waals surface area contributed by atoms with Crippen LogP contribution in [0.1, 0.15) is 21.6 Å². The zero-order valence-electron chi connectivity index (χ0n) is 15.2. The Morgan fingerprint density at radius 2 is 1.90 bits per heavy atom. The van der Waals surface area contributed by atoms with Crippen molar-refractivity contribution in [3.8, 4) is 11.5 Å². The van der Waals surface area contributed by atoms with Gasteiger partial charge in [-0.1, -0.05) is 35.5 Å². The van der Waals surface area contributed by atoms with Gasteiger partial charge in [-0.15, -0.1) is 5.10 Å². The maximum atomic E-state index is 12.1. The summed E-state index contributed by atoms with van der Waals surface area (Å²) in [4.78, 5) is 24.1. The van der Waals surface area contributed by atoms with E-state index in [0.717, 1.165) is 5.56 Å². The monoisotopic (exact) mass is 391 g/mol. The van der Waals surface area contributed by atoms with Gasteiger partial charge in [-0.05, 0) is 29.8 Å². The quantitative estimate of drug-likeness (QED) is 0.505. The smallest absolute Gasteiger partial charge is 0.269 e. The number of hydrogen-bond acceptors (Lipinski definition) is 6. The van der Waals surface area contributed by atoms with Crippen LogP contribution in [0.15, 0.2) is 60.8 Å². The number of carbonyl (C=O) groups is 2. The molecule has 9 nitrogen and oxygen atoms in total. The predicted molar refractivity (Wildman–Crippen MR) is 103 cm³/mol. The van der Waals surface area contributed by atoms with Gasteiger partial charge in [-0.3, -0.25) is 20.4 Å². The van der Waals surface area contributed by atoms with Crippen molar-refractivity contribution in [1.29, 1.82) is 0 Å². The highest BCUT2D eigenvalue weighted by Crippen LogP contribution is 2.32. The number of nitrogens with zero attached hydrogens (tertiary/aromatic N) is 3. The number of hydrazine groups is 1. The molecule has 3 aromatic rings. The molecular formula is C20H17N5O4. The van der Waals surface area contributed by atoms with E-state index in [9.17, 15) is 9.59 Å². The largest absolute Gasteiger partial charge is 0.454 e. The molecule has 0 bridgehead atoms. The van der Waals surface area contributed by atoms with Gasteiger partial charge in [0.2, 0.25) is 6.79 Å². The molecule has 146 valence electrons. The lowest BCUT2D eigenvalue weighted by molar-refractivity contribution is -0.117. The minimum atomic E-state index is -0.503. The highest BCUT2D eigenvalue weighted by molar-refractivity contribution is 5.98. The van der Waals surface area contributed by atoms with E-state index in [0.29, 0.717) is 29.3 Å². The summed E-state index contributed by atoms with van der Waals surface area (Å²) in [6.45, 7) is 0.706. The van der Waals surface area contributed by atoms with Crippen molar-refractivity contribution in [2.45, 2.75) is 6.54 Å². The fourth-order valence-electron chi connectivity index (χ4n) is 2.67. The summed E-state index contributed by atoms with van der Waals surface area (Å²) in [6.07, 6.45) is 4.50. The maximum Gasteiger partial charge on any atom is 0.269 e. The van der Waals surface area contributed by atoms with Crippen molar-refractivity contribution >= 4 is 17.9 Å². The molecule has 2 aromatic carbocycles. The van der Waals surface area contributed by atoms with E-state index in [1.807, 2.05) is 30.3 Å². The maximum absolute atomic E-state index is 12.1. The standard InChI is InChI=1S/C20H17N5O4/c26-19(22-23-20(27)15-6-8-17-18(10-15)29-13-28-17)9-7-16-12-25(24-21-16)11-14-4-2-1-3-5-14/h1-10,12H,11,13H2,(H,22,26)(H,23,27)/b9-7+. The molecule has 0 atom stereocenters. The van der Waals surface area contributed by atoms with Gasteiger partial charge in [-0.25, -0.2) is 4.68 Å². The summed E-state index contributed by atoms with van der Waals surface area (Å²) in [5.74, 6) is 0.0897. The third-order valence-electron chi connectivity index (χ3n) is 4.08. The second-order valence-electron chi connectivity index (χ2n) is 6.17. The number of carbonyl (C=O) groups excluding carboxylic acids is 2. The molecule has 2 heterocycles. The average molecular weight is 391 g/mol. The summed E-state index contributed by atoms with van der Waals surface area (Å²) >= 11 is 0. The van der Waals surface area contributed by atoms with Crippen LogP contribution < -0.4 is 20.3 Å². The van der Waals surface area contributed by atoms with Crippen LogP contribution >= 0.6 is 0 Å². The molecule has 0 saturated heterocycles. The van der Waals surface area contributed by atoms with E-state index >= 15 is 0 Å². The molecule has 9 heteroatoms. The normalized spacial score (nSPS) is 12.1. The molecule has 1 aromatic heterocycles. The Bertz CT molecular complexity index is 1060. The van der Waals surface area contributed by atoms with E-state index in [4.69, 9.17) is 9.47 Å². The van der Waals surface area contributed by atoms with Crippen molar-refractivity contribution in [3.63, 3.8) is 0 Å². The van der Waals surface area contributed by atoms with Crippen LogP contribution in [0.25, 0.3) is 6.08 Å². The number of benzene rings is 2. The van der Waals surface area contributed by atoms with Crippen LogP contribution in [-0.2, 0) is 11.3 Å². The number of hydrogen-bond donors (Lipinski definition) is 2. The molecule has 0 aliphatic carbocycles. The number of fused-ring (bicyclic) bond motifs is 1. The first-order chi connectivity index (χ1) is 14.2. The van der Waals surface area contributed by atoms with E-state index in [2.05, 4.69) is 21.2 Å². The van der Waals surface area contributed by atoms with Crippen LogP contribution in [0.5, 0.6) is 11.5 Å². The van der Waals surface area contributed by atoms with Gasteiger partial charge in [0.05, 0.1) is 12.7 Å². The van der Waals surface area contributed by atoms with Crippen molar-refractivity contribution in [3.05, 3.63) is 77.6 Å². The zero-order chi connectivity index (χ0) is 20.1. The van der Waals surface area contributed by atoms with Crippen LogP contribution in [0.3, 0.4) is 0 Å². The van der Waals surface area contributed by atoms with E-state index in [-0.39, 0.29) is 6.79 Å². The van der Waals surface area contributed by atoms with Gasteiger partial charge in [0.1, 0.15) is 5.69 Å². The summed E-state index contributed by atoms with van der Waals surface area (Å²) in [7, 11) is 0. The second kappa shape index (κ2) is 8.26. The lowest BCUT2D eigenvalue weighted by atomic mass is 10.2. The molecule has 0 spiro atoms. The van der Waals surface area contributed by atoms with Crippen LogP contribution in [0.2, 0.25) is 0 Å². The molecule has 0 fully saturated rings. The molecule has 2 N–H and O–H groups in total. The first-order valence-electron chi connectivity index (χ1n) is 8.79. The number of ether oxygens (including phenoxy) is 2. The van der Waals surface area contributed by atoms with Crippen LogP contribution in [-0.4, -0.2) is 33.6 Å². The van der Waals surface area contributed by atoms with Crippen molar-refractivity contribution in [2.24, 2.45) is 0 Å². The number of rotatable bonds is 5. The number of aromatic nitrogens is 3. The summed E-state index contributed by atoms with van der Waals surface area (Å²) < 4.78 is 12.1. The third-order valence-corrected chi connectivity index (χ3v) is 4.08. The Morgan fingerprint density at radius 1 is 1.07 bits per heavy atom. The van der Waals surface area contributed by atoms with Crippen molar-refractivity contribution in [2.75, 3.05) is 6.79 Å². The van der Waals surface area contributed by atoms with Crippen molar-refractivity contribution < 1.29 is 19.1 Å². The molecule has 4 rings (SSSR count). The molecule has 0 unspecified atom stereocenters. The fraction of sp³-hybridized carbons (Fsp3) is 0.100. The van der Waals surface area contributed by atoms with E-state index in [1.165, 1.54) is 12.2 Å². The number of nitrogens with one attached hydrogen (secondary N) is 2. The van der Waals surface area contributed by atoms with Gasteiger partial charge in [-0.2, -0.15) is 0 Å². The van der Waals surface area contributed by atoms with Crippen LogP contribution in [0.4, 0.5) is 0 Å². The molecule has 2 amide bonds. The van der Waals surface area contributed by atoms with Gasteiger partial charge in [0.25, 0.3) is 11.8 Å². The Balaban J connectivity index is 1.28. The van der Waals surface area contributed by atoms with Gasteiger partial charge in [0.15, 0.2) is 11.5 Å². The first kappa shape index (κ1) is 18.2.